The molecule has 0 radical (unpaired) electrons. The van der Waals surface area contributed by atoms with E-state index in [0.29, 0.717) is 5.70 Å². The van der Waals surface area contributed by atoms with Crippen LogP contribution in [0.25, 0.3) is 0 Å². The van der Waals surface area contributed by atoms with Gasteiger partial charge in [0.25, 0.3) is 0 Å². The Bertz CT molecular complexity index is 678. The van der Waals surface area contributed by atoms with E-state index in [1.54, 1.807) is 39.8 Å². The van der Waals surface area contributed by atoms with Gasteiger partial charge >= 0.3 is 12.1 Å². The zero-order chi connectivity index (χ0) is 18.8. The van der Waals surface area contributed by atoms with Crippen LogP contribution in [0.1, 0.15) is 39.2 Å². The summed E-state index contributed by atoms with van der Waals surface area (Å²) in [5.74, 6) is -1.21. The third-order valence-corrected chi connectivity index (χ3v) is 3.80. The van der Waals surface area contributed by atoms with E-state index in [1.807, 2.05) is 18.2 Å². The number of allylic oxidation sites excluding steroid dienone is 1. The average molecular weight is 348 g/mol. The van der Waals surface area contributed by atoms with Crippen molar-refractivity contribution in [1.29, 1.82) is 0 Å². The topological polar surface area (TPSA) is 88.1 Å². The van der Waals surface area contributed by atoms with Crippen LogP contribution < -0.4 is 5.43 Å². The third kappa shape index (κ3) is 4.11. The Hall–Kier alpha value is -2.54. The second kappa shape index (κ2) is 7.14. The molecule has 7 nitrogen and oxygen atoms in total. The summed E-state index contributed by atoms with van der Waals surface area (Å²) in [5, 5.41) is 12.0. The number of hydrazine groups is 1. The predicted molar refractivity (Wildman–Crippen MR) is 91.1 cm³/mol. The number of nitrogens with zero attached hydrogens (tertiary/aromatic N) is 1. The van der Waals surface area contributed by atoms with E-state index in [-0.39, 0.29) is 5.57 Å². The fourth-order valence-corrected chi connectivity index (χ4v) is 2.78. The van der Waals surface area contributed by atoms with Crippen molar-refractivity contribution in [2.24, 2.45) is 0 Å². The molecule has 7 heteroatoms. The van der Waals surface area contributed by atoms with E-state index >= 15 is 0 Å². The molecule has 0 spiro atoms. The fourth-order valence-electron chi connectivity index (χ4n) is 2.78. The highest BCUT2D eigenvalue weighted by atomic mass is 16.6. The second-order valence-electron chi connectivity index (χ2n) is 6.78. The smallest absolute Gasteiger partial charge is 0.426 e. The summed E-state index contributed by atoms with van der Waals surface area (Å²) in [6, 6.07) is 9.09. The van der Waals surface area contributed by atoms with Gasteiger partial charge in [0.05, 0.1) is 18.6 Å². The van der Waals surface area contributed by atoms with Crippen LogP contribution in [0, 0.1) is 0 Å². The van der Waals surface area contributed by atoms with Crippen LogP contribution in [0.5, 0.6) is 0 Å². The summed E-state index contributed by atoms with van der Waals surface area (Å²) in [4.78, 5) is 24.3. The molecule has 1 aromatic carbocycles. The van der Waals surface area contributed by atoms with E-state index in [0.717, 1.165) is 5.56 Å². The van der Waals surface area contributed by atoms with Gasteiger partial charge in [-0.2, -0.15) is 0 Å². The minimum absolute atomic E-state index is 0.289. The number of ether oxygens (including phenoxy) is 2. The first-order chi connectivity index (χ1) is 11.7. The van der Waals surface area contributed by atoms with Gasteiger partial charge in [0.1, 0.15) is 5.60 Å². The SMILES string of the molecule is COC(=O)C1=C(C)N(NC(=O)OC(C)(C)C)[C@H](O)[C@H]1c1ccccc1. The fraction of sp³-hybridized carbons (Fsp3) is 0.444. The zero-order valence-corrected chi connectivity index (χ0v) is 15.1. The maximum absolute atomic E-state index is 12.3. The molecule has 1 aliphatic heterocycles. The first-order valence-electron chi connectivity index (χ1n) is 7.96. The van der Waals surface area contributed by atoms with Crippen molar-refractivity contribution < 1.29 is 24.2 Å². The van der Waals surface area contributed by atoms with Crippen molar-refractivity contribution >= 4 is 12.1 Å². The van der Waals surface area contributed by atoms with Crippen LogP contribution in [-0.2, 0) is 14.3 Å². The number of amides is 1. The molecular formula is C18H24N2O5. The monoisotopic (exact) mass is 348 g/mol. The number of aliphatic hydroxyl groups excluding tert-OH is 1. The molecular weight excluding hydrogens is 324 g/mol. The molecule has 1 aromatic rings. The summed E-state index contributed by atoms with van der Waals surface area (Å²) in [5.41, 5.74) is 3.25. The normalized spacial score (nSPS) is 20.5. The van der Waals surface area contributed by atoms with E-state index < -0.39 is 29.8 Å². The summed E-state index contributed by atoms with van der Waals surface area (Å²) in [6.45, 7) is 6.85. The van der Waals surface area contributed by atoms with Crippen molar-refractivity contribution in [2.45, 2.75) is 45.4 Å². The molecule has 2 N–H and O–H groups in total. The summed E-state index contributed by atoms with van der Waals surface area (Å²) in [7, 11) is 1.28. The Morgan fingerprint density at radius 2 is 1.80 bits per heavy atom. The molecule has 1 aliphatic rings. The van der Waals surface area contributed by atoms with Gasteiger partial charge < -0.3 is 14.6 Å². The number of carbonyl (C=O) groups is 2. The van der Waals surface area contributed by atoms with Crippen LogP contribution in [-0.4, -0.2) is 41.1 Å². The van der Waals surface area contributed by atoms with Gasteiger partial charge in [-0.3, -0.25) is 5.01 Å². The minimum Gasteiger partial charge on any atom is -0.466 e. The first-order valence-corrected chi connectivity index (χ1v) is 7.96. The van der Waals surface area contributed by atoms with Gasteiger partial charge in [0.15, 0.2) is 6.23 Å². The molecule has 136 valence electrons. The molecule has 0 saturated heterocycles. The standard InChI is InChI=1S/C18H24N2O5/c1-11-13(16(22)24-5)14(12-9-7-6-8-10-12)15(21)20(11)19-17(23)25-18(2,3)4/h6-10,14-15,21H,1-5H3,(H,19,23)/t14-,15+/m0/s1. The van der Waals surface area contributed by atoms with Crippen molar-refractivity contribution in [3.05, 3.63) is 47.2 Å². The molecule has 0 aromatic heterocycles. The number of benzene rings is 1. The quantitative estimate of drug-likeness (QED) is 0.815. The lowest BCUT2D eigenvalue weighted by Crippen LogP contribution is -2.47. The summed E-state index contributed by atoms with van der Waals surface area (Å²) >= 11 is 0. The molecule has 25 heavy (non-hydrogen) atoms. The zero-order valence-electron chi connectivity index (χ0n) is 15.1. The molecule has 2 atom stereocenters. The lowest BCUT2D eigenvalue weighted by molar-refractivity contribution is -0.136. The predicted octanol–water partition coefficient (Wildman–Crippen LogP) is 2.29. The highest BCUT2D eigenvalue weighted by Gasteiger charge is 2.43. The van der Waals surface area contributed by atoms with Crippen LogP contribution >= 0.6 is 0 Å². The molecule has 0 bridgehead atoms. The Labute approximate surface area is 147 Å². The Morgan fingerprint density at radius 1 is 1.20 bits per heavy atom. The number of hydrogen-bond donors (Lipinski definition) is 2. The highest BCUT2D eigenvalue weighted by Crippen LogP contribution is 2.39. The van der Waals surface area contributed by atoms with E-state index in [4.69, 9.17) is 9.47 Å². The average Bonchev–Trinajstić information content (AvgIpc) is 2.78. The molecule has 0 saturated carbocycles. The lowest BCUT2D eigenvalue weighted by Gasteiger charge is -2.29. The molecule has 1 amide bonds. The van der Waals surface area contributed by atoms with Gasteiger partial charge in [-0.25, -0.2) is 15.0 Å². The van der Waals surface area contributed by atoms with Crippen molar-refractivity contribution in [2.75, 3.05) is 7.11 Å². The number of hydrogen-bond acceptors (Lipinski definition) is 6. The second-order valence-corrected chi connectivity index (χ2v) is 6.78. The summed E-state index contributed by atoms with van der Waals surface area (Å²) in [6.07, 6.45) is -1.88. The van der Waals surface area contributed by atoms with Gasteiger partial charge in [0, 0.05) is 5.70 Å². The largest absolute Gasteiger partial charge is 0.466 e. The Balaban J connectivity index is 2.35. The number of methoxy groups -OCH3 is 1. The summed E-state index contributed by atoms with van der Waals surface area (Å²) < 4.78 is 10.1. The van der Waals surface area contributed by atoms with Gasteiger partial charge in [0.2, 0.25) is 0 Å². The minimum atomic E-state index is -1.16. The van der Waals surface area contributed by atoms with Crippen molar-refractivity contribution in [1.82, 2.24) is 10.4 Å². The Morgan fingerprint density at radius 3 is 2.32 bits per heavy atom. The van der Waals surface area contributed by atoms with Crippen LogP contribution in [0.4, 0.5) is 4.79 Å². The molecule has 2 rings (SSSR count). The number of nitrogens with one attached hydrogen (secondary N) is 1. The maximum Gasteiger partial charge on any atom is 0.426 e. The number of carbonyl (C=O) groups excluding carboxylic acids is 2. The van der Waals surface area contributed by atoms with Gasteiger partial charge in [-0.05, 0) is 33.3 Å². The van der Waals surface area contributed by atoms with Gasteiger partial charge in [-0.1, -0.05) is 30.3 Å². The van der Waals surface area contributed by atoms with Gasteiger partial charge in [-0.15, -0.1) is 0 Å². The van der Waals surface area contributed by atoms with E-state index in [2.05, 4.69) is 5.43 Å². The number of esters is 1. The molecule has 1 heterocycles. The number of rotatable bonds is 3. The third-order valence-electron chi connectivity index (χ3n) is 3.80. The van der Waals surface area contributed by atoms with E-state index in [1.165, 1.54) is 12.1 Å². The number of aliphatic hydroxyl groups is 1. The first kappa shape index (κ1) is 18.8. The van der Waals surface area contributed by atoms with Crippen molar-refractivity contribution in [3.63, 3.8) is 0 Å². The van der Waals surface area contributed by atoms with Crippen LogP contribution in [0.2, 0.25) is 0 Å². The molecule has 0 fully saturated rings. The lowest BCUT2D eigenvalue weighted by atomic mass is 9.91. The molecule has 0 aliphatic carbocycles. The van der Waals surface area contributed by atoms with Crippen LogP contribution in [0.15, 0.2) is 41.6 Å². The highest BCUT2D eigenvalue weighted by molar-refractivity contribution is 5.92. The Kier molecular flexibility index (Phi) is 5.37. The molecule has 0 unspecified atom stereocenters. The maximum atomic E-state index is 12.3. The van der Waals surface area contributed by atoms with E-state index in [9.17, 15) is 14.7 Å². The van der Waals surface area contributed by atoms with Crippen molar-refractivity contribution in [3.8, 4) is 0 Å². The van der Waals surface area contributed by atoms with Crippen LogP contribution in [0.3, 0.4) is 0 Å².